The Bertz CT molecular complexity index is 429. The summed E-state index contributed by atoms with van der Waals surface area (Å²) in [5, 5.41) is 2.88. The minimum atomic E-state index is -0.0519. The van der Waals surface area contributed by atoms with Crippen LogP contribution in [0.1, 0.15) is 34.8 Å². The SMILES string of the molecule is C#CCC(C)NC(=O)c1cccc(C)c1C. The van der Waals surface area contributed by atoms with Crippen molar-refractivity contribution in [2.24, 2.45) is 0 Å². The van der Waals surface area contributed by atoms with E-state index in [1.165, 1.54) is 0 Å². The Morgan fingerprint density at radius 1 is 1.50 bits per heavy atom. The molecule has 1 atom stereocenters. The maximum absolute atomic E-state index is 11.9. The Hall–Kier alpha value is -1.75. The standard InChI is InChI=1S/C14H17NO/c1-5-7-11(3)15-14(16)13-9-6-8-10(2)12(13)4/h1,6,8-9,11H,7H2,2-4H3,(H,15,16). The van der Waals surface area contributed by atoms with Crippen LogP contribution >= 0.6 is 0 Å². The molecule has 0 bridgehead atoms. The predicted octanol–water partition coefficient (Wildman–Crippen LogP) is 2.45. The Morgan fingerprint density at radius 3 is 2.81 bits per heavy atom. The van der Waals surface area contributed by atoms with Gasteiger partial charge in [0.1, 0.15) is 0 Å². The smallest absolute Gasteiger partial charge is 0.251 e. The molecule has 2 heteroatoms. The highest BCUT2D eigenvalue weighted by Crippen LogP contribution is 2.12. The molecule has 0 aliphatic carbocycles. The van der Waals surface area contributed by atoms with Crippen molar-refractivity contribution in [3.05, 3.63) is 34.9 Å². The van der Waals surface area contributed by atoms with Crippen LogP contribution < -0.4 is 5.32 Å². The van der Waals surface area contributed by atoms with Crippen LogP contribution in [0.3, 0.4) is 0 Å². The Labute approximate surface area is 97.1 Å². The van der Waals surface area contributed by atoms with Crippen molar-refractivity contribution in [2.75, 3.05) is 0 Å². The van der Waals surface area contributed by atoms with E-state index < -0.39 is 0 Å². The second-order valence-electron chi connectivity index (χ2n) is 4.03. The third-order valence-corrected chi connectivity index (χ3v) is 2.65. The van der Waals surface area contributed by atoms with Crippen molar-refractivity contribution in [1.82, 2.24) is 5.32 Å². The third-order valence-electron chi connectivity index (χ3n) is 2.65. The van der Waals surface area contributed by atoms with Gasteiger partial charge in [-0.25, -0.2) is 0 Å². The Balaban J connectivity index is 2.82. The van der Waals surface area contributed by atoms with Gasteiger partial charge < -0.3 is 5.32 Å². The van der Waals surface area contributed by atoms with Crippen LogP contribution in [-0.2, 0) is 0 Å². The Kier molecular flexibility index (Phi) is 4.13. The number of nitrogens with one attached hydrogen (secondary N) is 1. The van der Waals surface area contributed by atoms with Crippen molar-refractivity contribution >= 4 is 5.91 Å². The van der Waals surface area contributed by atoms with Crippen LogP contribution in [0, 0.1) is 26.2 Å². The highest BCUT2D eigenvalue weighted by atomic mass is 16.1. The lowest BCUT2D eigenvalue weighted by Gasteiger charge is -2.13. The largest absolute Gasteiger partial charge is 0.349 e. The zero-order valence-electron chi connectivity index (χ0n) is 10.0. The molecule has 0 fully saturated rings. The van der Waals surface area contributed by atoms with E-state index in [9.17, 15) is 4.79 Å². The highest BCUT2D eigenvalue weighted by Gasteiger charge is 2.11. The fourth-order valence-corrected chi connectivity index (χ4v) is 1.53. The summed E-state index contributed by atoms with van der Waals surface area (Å²) in [5.74, 6) is 2.48. The van der Waals surface area contributed by atoms with Crippen molar-refractivity contribution in [3.8, 4) is 12.3 Å². The predicted molar refractivity (Wildman–Crippen MR) is 66.3 cm³/mol. The molecule has 0 saturated carbocycles. The number of rotatable bonds is 3. The number of amides is 1. The van der Waals surface area contributed by atoms with E-state index >= 15 is 0 Å². The van der Waals surface area contributed by atoms with Gasteiger partial charge in [-0.3, -0.25) is 4.79 Å². The molecule has 2 nitrogen and oxygen atoms in total. The van der Waals surface area contributed by atoms with E-state index in [0.29, 0.717) is 6.42 Å². The summed E-state index contributed by atoms with van der Waals surface area (Å²) in [6.07, 6.45) is 5.75. The monoisotopic (exact) mass is 215 g/mol. The van der Waals surface area contributed by atoms with Crippen molar-refractivity contribution in [1.29, 1.82) is 0 Å². The summed E-state index contributed by atoms with van der Waals surface area (Å²) in [4.78, 5) is 11.9. The average molecular weight is 215 g/mol. The van der Waals surface area contributed by atoms with Gasteiger partial charge in [0.15, 0.2) is 0 Å². The highest BCUT2D eigenvalue weighted by molar-refractivity contribution is 5.96. The van der Waals surface area contributed by atoms with Gasteiger partial charge in [-0.2, -0.15) is 0 Å². The lowest BCUT2D eigenvalue weighted by Crippen LogP contribution is -2.32. The molecule has 1 unspecified atom stereocenters. The van der Waals surface area contributed by atoms with Gasteiger partial charge >= 0.3 is 0 Å². The Morgan fingerprint density at radius 2 is 2.19 bits per heavy atom. The minimum absolute atomic E-state index is 0.0115. The summed E-state index contributed by atoms with van der Waals surface area (Å²) >= 11 is 0. The summed E-state index contributed by atoms with van der Waals surface area (Å²) in [7, 11) is 0. The van der Waals surface area contributed by atoms with Gasteiger partial charge in [0.05, 0.1) is 0 Å². The second-order valence-corrected chi connectivity index (χ2v) is 4.03. The summed E-state index contributed by atoms with van der Waals surface area (Å²) in [6, 6.07) is 5.73. The van der Waals surface area contributed by atoms with Crippen LogP contribution in [0.15, 0.2) is 18.2 Å². The molecule has 1 rings (SSSR count). The van der Waals surface area contributed by atoms with Crippen molar-refractivity contribution in [2.45, 2.75) is 33.2 Å². The number of carbonyl (C=O) groups excluding carboxylic acids is 1. The third kappa shape index (κ3) is 2.87. The molecular formula is C14H17NO. The van der Waals surface area contributed by atoms with Crippen LogP contribution in [-0.4, -0.2) is 11.9 Å². The molecule has 1 amide bonds. The molecule has 84 valence electrons. The zero-order valence-corrected chi connectivity index (χ0v) is 10.0. The van der Waals surface area contributed by atoms with Crippen molar-refractivity contribution < 1.29 is 4.79 Å². The van der Waals surface area contributed by atoms with Gasteiger partial charge in [0.25, 0.3) is 5.91 Å². The van der Waals surface area contributed by atoms with E-state index in [1.807, 2.05) is 39.0 Å². The molecule has 0 aromatic heterocycles. The summed E-state index contributed by atoms with van der Waals surface area (Å²) in [6.45, 7) is 5.86. The number of carbonyl (C=O) groups is 1. The second kappa shape index (κ2) is 5.37. The molecule has 0 aliphatic heterocycles. The summed E-state index contributed by atoms with van der Waals surface area (Å²) in [5.41, 5.74) is 2.87. The van der Waals surface area contributed by atoms with Gasteiger partial charge in [0, 0.05) is 18.0 Å². The lowest BCUT2D eigenvalue weighted by atomic mass is 10.0. The van der Waals surface area contributed by atoms with Gasteiger partial charge in [-0.1, -0.05) is 12.1 Å². The first kappa shape index (κ1) is 12.3. The normalized spacial score (nSPS) is 11.6. The number of aryl methyl sites for hydroxylation is 1. The van der Waals surface area contributed by atoms with E-state index in [-0.39, 0.29) is 11.9 Å². The van der Waals surface area contributed by atoms with Crippen LogP contribution in [0.25, 0.3) is 0 Å². The quantitative estimate of drug-likeness (QED) is 0.771. The minimum Gasteiger partial charge on any atom is -0.349 e. The molecule has 0 saturated heterocycles. The molecule has 1 N–H and O–H groups in total. The van der Waals surface area contributed by atoms with Crippen molar-refractivity contribution in [3.63, 3.8) is 0 Å². The molecular weight excluding hydrogens is 198 g/mol. The molecule has 0 aliphatic rings. The fraction of sp³-hybridized carbons (Fsp3) is 0.357. The first-order valence-electron chi connectivity index (χ1n) is 5.36. The number of terminal acetylenes is 1. The molecule has 1 aromatic carbocycles. The van der Waals surface area contributed by atoms with E-state index in [2.05, 4.69) is 11.2 Å². The first-order valence-corrected chi connectivity index (χ1v) is 5.36. The van der Waals surface area contributed by atoms with Crippen LogP contribution in [0.5, 0.6) is 0 Å². The number of hydrogen-bond acceptors (Lipinski definition) is 1. The molecule has 1 aromatic rings. The van der Waals surface area contributed by atoms with E-state index in [4.69, 9.17) is 6.42 Å². The lowest BCUT2D eigenvalue weighted by molar-refractivity contribution is 0.0940. The number of hydrogen-bond donors (Lipinski definition) is 1. The fourth-order valence-electron chi connectivity index (χ4n) is 1.53. The zero-order chi connectivity index (χ0) is 12.1. The van der Waals surface area contributed by atoms with Gasteiger partial charge in [0.2, 0.25) is 0 Å². The van der Waals surface area contributed by atoms with Gasteiger partial charge in [-0.15, -0.1) is 12.3 Å². The topological polar surface area (TPSA) is 29.1 Å². The first-order chi connectivity index (χ1) is 7.56. The van der Waals surface area contributed by atoms with Gasteiger partial charge in [-0.05, 0) is 38.0 Å². The molecule has 0 radical (unpaired) electrons. The van der Waals surface area contributed by atoms with Crippen LogP contribution in [0.2, 0.25) is 0 Å². The maximum Gasteiger partial charge on any atom is 0.251 e. The van der Waals surface area contributed by atoms with E-state index in [0.717, 1.165) is 16.7 Å². The molecule has 16 heavy (non-hydrogen) atoms. The molecule has 0 heterocycles. The maximum atomic E-state index is 11.9. The number of benzene rings is 1. The summed E-state index contributed by atoms with van der Waals surface area (Å²) < 4.78 is 0. The average Bonchev–Trinajstić information content (AvgIpc) is 2.22. The molecule has 0 spiro atoms. The van der Waals surface area contributed by atoms with Crippen LogP contribution in [0.4, 0.5) is 0 Å². The van der Waals surface area contributed by atoms with E-state index in [1.54, 1.807) is 0 Å².